The molecule has 0 bridgehead atoms. The zero-order valence-corrected chi connectivity index (χ0v) is 20.8. The van der Waals surface area contributed by atoms with Crippen LogP contribution in [0.15, 0.2) is 78.0 Å². The minimum atomic E-state index is -3.53. The largest absolute Gasteiger partial charge is 0.497 e. The first-order chi connectivity index (χ1) is 17.5. The summed E-state index contributed by atoms with van der Waals surface area (Å²) in [4.78, 5) is 16.0. The number of benzene rings is 2. The third-order valence-corrected chi connectivity index (χ3v) is 8.07. The SMILES string of the molecule is COc1ccc(S(=O)(=O)N2CCN(CCc3nc(Oc4ccncc4)c4ccccc4n3)CC2)cc1. The predicted molar refractivity (Wildman–Crippen MR) is 136 cm³/mol. The van der Waals surface area contributed by atoms with Crippen LogP contribution >= 0.6 is 0 Å². The Hall–Kier alpha value is -3.60. The minimum absolute atomic E-state index is 0.281. The van der Waals surface area contributed by atoms with Crippen molar-refractivity contribution < 1.29 is 17.9 Å². The summed E-state index contributed by atoms with van der Waals surface area (Å²) in [5, 5.41) is 0.843. The van der Waals surface area contributed by atoms with E-state index in [1.165, 1.54) is 0 Å². The molecule has 10 heteroatoms. The molecule has 0 amide bonds. The van der Waals surface area contributed by atoms with Crippen molar-refractivity contribution in [3.05, 3.63) is 78.9 Å². The first-order valence-corrected chi connectivity index (χ1v) is 13.2. The number of hydrogen-bond donors (Lipinski definition) is 0. The van der Waals surface area contributed by atoms with Crippen LogP contribution in [0.5, 0.6) is 17.4 Å². The normalized spacial score (nSPS) is 15.1. The van der Waals surface area contributed by atoms with Gasteiger partial charge in [-0.05, 0) is 48.5 Å². The average molecular weight is 506 g/mol. The number of nitrogens with zero attached hydrogens (tertiary/aromatic N) is 5. The predicted octanol–water partition coefficient (Wildman–Crippen LogP) is 3.37. The van der Waals surface area contributed by atoms with Gasteiger partial charge in [0.15, 0.2) is 0 Å². The van der Waals surface area contributed by atoms with Crippen LogP contribution in [0, 0.1) is 0 Å². The maximum Gasteiger partial charge on any atom is 0.243 e. The third-order valence-electron chi connectivity index (χ3n) is 6.16. The van der Waals surface area contributed by atoms with Crippen molar-refractivity contribution >= 4 is 20.9 Å². The van der Waals surface area contributed by atoms with Crippen molar-refractivity contribution in [2.75, 3.05) is 39.8 Å². The number of pyridine rings is 1. The highest BCUT2D eigenvalue weighted by molar-refractivity contribution is 7.89. The molecule has 2 aromatic carbocycles. The van der Waals surface area contributed by atoms with E-state index >= 15 is 0 Å². The van der Waals surface area contributed by atoms with Crippen LogP contribution in [0.3, 0.4) is 0 Å². The molecular formula is C26H27N5O4S. The smallest absolute Gasteiger partial charge is 0.243 e. The Bertz CT molecular complexity index is 1420. The molecule has 3 heterocycles. The van der Waals surface area contributed by atoms with Crippen LogP contribution in [-0.2, 0) is 16.4 Å². The number of hydrogen-bond acceptors (Lipinski definition) is 8. The lowest BCUT2D eigenvalue weighted by Gasteiger charge is -2.33. The zero-order chi connectivity index (χ0) is 25.0. The van der Waals surface area contributed by atoms with Crippen LogP contribution < -0.4 is 9.47 Å². The molecule has 186 valence electrons. The first kappa shape index (κ1) is 24.1. The lowest BCUT2D eigenvalue weighted by atomic mass is 10.2. The Balaban J connectivity index is 1.23. The summed E-state index contributed by atoms with van der Waals surface area (Å²) < 4.78 is 38.7. The third kappa shape index (κ3) is 5.30. The number of ether oxygens (including phenoxy) is 2. The number of rotatable bonds is 8. The van der Waals surface area contributed by atoms with Crippen LogP contribution in [0.1, 0.15) is 5.82 Å². The molecule has 4 aromatic rings. The van der Waals surface area contributed by atoms with Crippen molar-refractivity contribution in [2.24, 2.45) is 0 Å². The second kappa shape index (κ2) is 10.6. The van der Waals surface area contributed by atoms with E-state index < -0.39 is 10.0 Å². The van der Waals surface area contributed by atoms with Crippen molar-refractivity contribution in [2.45, 2.75) is 11.3 Å². The monoisotopic (exact) mass is 505 g/mol. The Morgan fingerprint density at radius 2 is 1.58 bits per heavy atom. The Labute approximate surface area is 210 Å². The van der Waals surface area contributed by atoms with Gasteiger partial charge in [-0.2, -0.15) is 9.29 Å². The molecule has 2 aromatic heterocycles. The van der Waals surface area contributed by atoms with E-state index in [0.717, 1.165) is 17.4 Å². The molecule has 1 aliphatic heterocycles. The molecule has 1 aliphatic rings. The Kier molecular flexibility index (Phi) is 7.08. The van der Waals surface area contributed by atoms with Gasteiger partial charge in [0, 0.05) is 51.5 Å². The van der Waals surface area contributed by atoms with Gasteiger partial charge >= 0.3 is 0 Å². The molecule has 0 radical (unpaired) electrons. The molecular weight excluding hydrogens is 478 g/mol. The number of piperazine rings is 1. The van der Waals surface area contributed by atoms with Gasteiger partial charge in [0.1, 0.15) is 17.3 Å². The van der Waals surface area contributed by atoms with Crippen LogP contribution in [0.4, 0.5) is 0 Å². The van der Waals surface area contributed by atoms with Crippen LogP contribution in [0.2, 0.25) is 0 Å². The summed E-state index contributed by atoms with van der Waals surface area (Å²) in [7, 11) is -1.98. The maximum absolute atomic E-state index is 13.0. The maximum atomic E-state index is 13.0. The average Bonchev–Trinajstić information content (AvgIpc) is 2.93. The highest BCUT2D eigenvalue weighted by Crippen LogP contribution is 2.27. The van der Waals surface area contributed by atoms with Gasteiger partial charge in [0.2, 0.25) is 15.9 Å². The molecule has 0 atom stereocenters. The lowest BCUT2D eigenvalue weighted by molar-refractivity contribution is 0.189. The summed E-state index contributed by atoms with van der Waals surface area (Å²) in [5.74, 6) is 2.49. The second-order valence-corrected chi connectivity index (χ2v) is 10.4. The molecule has 1 saturated heterocycles. The number of fused-ring (bicyclic) bond motifs is 1. The van der Waals surface area contributed by atoms with Crippen LogP contribution in [-0.4, -0.2) is 72.4 Å². The minimum Gasteiger partial charge on any atom is -0.497 e. The Morgan fingerprint density at radius 3 is 2.31 bits per heavy atom. The summed E-state index contributed by atoms with van der Waals surface area (Å²) in [6.45, 7) is 2.88. The summed E-state index contributed by atoms with van der Waals surface area (Å²) >= 11 is 0. The van der Waals surface area contributed by atoms with Gasteiger partial charge in [-0.25, -0.2) is 13.4 Å². The highest BCUT2D eigenvalue weighted by Gasteiger charge is 2.28. The fraction of sp³-hybridized carbons (Fsp3) is 0.269. The van der Waals surface area contributed by atoms with Crippen molar-refractivity contribution in [1.82, 2.24) is 24.2 Å². The highest BCUT2D eigenvalue weighted by atomic mass is 32.2. The molecule has 0 unspecified atom stereocenters. The van der Waals surface area contributed by atoms with E-state index in [1.54, 1.807) is 60.2 Å². The molecule has 9 nitrogen and oxygen atoms in total. The van der Waals surface area contributed by atoms with Crippen molar-refractivity contribution in [1.29, 1.82) is 0 Å². The summed E-state index contributed by atoms with van der Waals surface area (Å²) in [6, 6.07) is 17.8. The van der Waals surface area contributed by atoms with E-state index in [9.17, 15) is 8.42 Å². The number of sulfonamides is 1. The number of para-hydroxylation sites is 1. The molecule has 0 N–H and O–H groups in total. The van der Waals surface area contributed by atoms with E-state index in [1.807, 2.05) is 24.3 Å². The van der Waals surface area contributed by atoms with Crippen molar-refractivity contribution in [3.8, 4) is 17.4 Å². The van der Waals surface area contributed by atoms with E-state index in [4.69, 9.17) is 19.4 Å². The fourth-order valence-corrected chi connectivity index (χ4v) is 5.57. The topological polar surface area (TPSA) is 97.8 Å². The quantitative estimate of drug-likeness (QED) is 0.360. The van der Waals surface area contributed by atoms with Gasteiger partial charge in [0.05, 0.1) is 22.9 Å². The van der Waals surface area contributed by atoms with Gasteiger partial charge in [-0.15, -0.1) is 0 Å². The summed E-state index contributed by atoms with van der Waals surface area (Å²) in [6.07, 6.45) is 3.98. The van der Waals surface area contributed by atoms with Crippen molar-refractivity contribution in [3.63, 3.8) is 0 Å². The van der Waals surface area contributed by atoms with Gasteiger partial charge in [-0.3, -0.25) is 4.98 Å². The lowest BCUT2D eigenvalue weighted by Crippen LogP contribution is -2.49. The number of methoxy groups -OCH3 is 1. The molecule has 0 aliphatic carbocycles. The number of aromatic nitrogens is 3. The van der Waals surface area contributed by atoms with E-state index in [0.29, 0.717) is 55.8 Å². The van der Waals surface area contributed by atoms with Gasteiger partial charge < -0.3 is 14.4 Å². The molecule has 0 saturated carbocycles. The van der Waals surface area contributed by atoms with Gasteiger partial charge in [-0.1, -0.05) is 12.1 Å². The van der Waals surface area contributed by atoms with E-state index in [-0.39, 0.29) is 4.90 Å². The molecule has 0 spiro atoms. The fourth-order valence-electron chi connectivity index (χ4n) is 4.15. The van der Waals surface area contributed by atoms with Crippen LogP contribution in [0.25, 0.3) is 10.9 Å². The Morgan fingerprint density at radius 1 is 0.861 bits per heavy atom. The standard InChI is InChI=1S/C26H27N5O4S/c1-34-20-6-8-22(9-7-20)36(32,33)31-18-16-30(17-19-31)15-12-25-28-24-5-3-2-4-23(24)26(29-25)35-21-10-13-27-14-11-21/h2-11,13-14H,12,15-19H2,1H3. The molecule has 36 heavy (non-hydrogen) atoms. The van der Waals surface area contributed by atoms with Gasteiger partial charge in [0.25, 0.3) is 0 Å². The molecule has 1 fully saturated rings. The summed E-state index contributed by atoms with van der Waals surface area (Å²) in [5.41, 5.74) is 0.821. The molecule has 5 rings (SSSR count). The van der Waals surface area contributed by atoms with E-state index in [2.05, 4.69) is 9.88 Å². The second-order valence-electron chi connectivity index (χ2n) is 8.42. The zero-order valence-electron chi connectivity index (χ0n) is 19.9. The first-order valence-electron chi connectivity index (χ1n) is 11.7.